The van der Waals surface area contributed by atoms with Crippen LogP contribution in [-0.2, 0) is 12.8 Å². The number of anilines is 1. The van der Waals surface area contributed by atoms with Gasteiger partial charge < -0.3 is 10.6 Å². The first-order valence-electron chi connectivity index (χ1n) is 8.03. The van der Waals surface area contributed by atoms with E-state index in [4.69, 9.17) is 11.6 Å². The lowest BCUT2D eigenvalue weighted by Gasteiger charge is -2.24. The summed E-state index contributed by atoms with van der Waals surface area (Å²) in [6.45, 7) is 4.15. The fourth-order valence-electron chi connectivity index (χ4n) is 3.05. The highest BCUT2D eigenvalue weighted by molar-refractivity contribution is 6.31. The molecule has 0 atom stereocenters. The largest absolute Gasteiger partial charge is 0.335 e. The summed E-state index contributed by atoms with van der Waals surface area (Å²) in [5.74, 6) is 0. The topological polar surface area (TPSA) is 41.1 Å². The van der Waals surface area contributed by atoms with Gasteiger partial charge in [0.05, 0.1) is 5.69 Å². The summed E-state index contributed by atoms with van der Waals surface area (Å²) in [5.41, 5.74) is 3.05. The smallest absolute Gasteiger partial charge is 0.319 e. The van der Waals surface area contributed by atoms with Gasteiger partial charge in [-0.3, -0.25) is 0 Å². The van der Waals surface area contributed by atoms with E-state index in [9.17, 15) is 4.79 Å². The Balaban J connectivity index is 2.10. The first-order chi connectivity index (χ1) is 10.2. The van der Waals surface area contributed by atoms with E-state index in [0.29, 0.717) is 6.04 Å². The molecule has 0 radical (unpaired) electrons. The summed E-state index contributed by atoms with van der Waals surface area (Å²) < 4.78 is 0. The van der Waals surface area contributed by atoms with E-state index in [2.05, 4.69) is 24.5 Å². The van der Waals surface area contributed by atoms with Gasteiger partial charge in [-0.05, 0) is 42.9 Å². The van der Waals surface area contributed by atoms with Crippen LogP contribution in [0.5, 0.6) is 0 Å². The molecule has 2 N–H and O–H groups in total. The highest BCUT2D eigenvalue weighted by Gasteiger charge is 2.18. The van der Waals surface area contributed by atoms with Gasteiger partial charge in [-0.1, -0.05) is 50.8 Å². The number of nitrogens with one attached hydrogen (secondary N) is 2. The molecule has 1 fully saturated rings. The number of carbonyl (C=O) groups is 1. The van der Waals surface area contributed by atoms with Crippen LogP contribution in [-0.4, -0.2) is 12.1 Å². The molecule has 1 aromatic carbocycles. The van der Waals surface area contributed by atoms with Crippen molar-refractivity contribution in [3.05, 3.63) is 28.3 Å². The molecule has 0 bridgehead atoms. The Morgan fingerprint density at radius 3 is 2.52 bits per heavy atom. The number of rotatable bonds is 4. The number of benzene rings is 1. The van der Waals surface area contributed by atoms with E-state index in [1.165, 1.54) is 19.3 Å². The molecule has 1 aromatic rings. The third-order valence-electron chi connectivity index (χ3n) is 4.26. The first-order valence-corrected chi connectivity index (χ1v) is 8.41. The van der Waals surface area contributed by atoms with Crippen molar-refractivity contribution in [2.45, 2.75) is 64.8 Å². The normalized spacial score (nSPS) is 15.8. The highest BCUT2D eigenvalue weighted by Crippen LogP contribution is 2.29. The Hall–Kier alpha value is -1.22. The summed E-state index contributed by atoms with van der Waals surface area (Å²) in [5, 5.41) is 6.86. The van der Waals surface area contributed by atoms with Crippen molar-refractivity contribution in [1.29, 1.82) is 0 Å². The van der Waals surface area contributed by atoms with Crippen LogP contribution in [0.3, 0.4) is 0 Å². The summed E-state index contributed by atoms with van der Waals surface area (Å²) in [7, 11) is 0. The Morgan fingerprint density at radius 2 is 1.90 bits per heavy atom. The van der Waals surface area contributed by atoms with Crippen LogP contribution < -0.4 is 10.6 Å². The van der Waals surface area contributed by atoms with E-state index >= 15 is 0 Å². The molecule has 1 saturated carbocycles. The standard InChI is InChI=1S/C17H25ClN2O/c1-3-12-10-11-15(18)14(4-2)16(12)20-17(21)19-13-8-6-5-7-9-13/h10-11,13H,3-9H2,1-2H3,(H2,19,20,21). The van der Waals surface area contributed by atoms with E-state index in [1.54, 1.807) is 0 Å². The monoisotopic (exact) mass is 308 g/mol. The second-order valence-electron chi connectivity index (χ2n) is 5.70. The molecule has 2 amide bonds. The van der Waals surface area contributed by atoms with Gasteiger partial charge in [-0.2, -0.15) is 0 Å². The molecule has 2 rings (SSSR count). The molecular formula is C17H25ClN2O. The zero-order valence-electron chi connectivity index (χ0n) is 13.0. The minimum atomic E-state index is -0.103. The van der Waals surface area contributed by atoms with E-state index in [0.717, 1.165) is 47.5 Å². The van der Waals surface area contributed by atoms with Gasteiger partial charge in [0.1, 0.15) is 0 Å². The van der Waals surface area contributed by atoms with Crippen LogP contribution in [0, 0.1) is 0 Å². The van der Waals surface area contributed by atoms with Crippen molar-refractivity contribution >= 4 is 23.3 Å². The molecule has 3 nitrogen and oxygen atoms in total. The van der Waals surface area contributed by atoms with E-state index in [1.807, 2.05) is 12.1 Å². The minimum absolute atomic E-state index is 0.103. The molecule has 1 aliphatic carbocycles. The average Bonchev–Trinajstić information content (AvgIpc) is 2.49. The van der Waals surface area contributed by atoms with Gasteiger partial charge in [-0.25, -0.2) is 4.79 Å². The zero-order chi connectivity index (χ0) is 15.2. The Morgan fingerprint density at radius 1 is 1.19 bits per heavy atom. The van der Waals surface area contributed by atoms with E-state index in [-0.39, 0.29) is 6.03 Å². The van der Waals surface area contributed by atoms with Gasteiger partial charge in [0.2, 0.25) is 0 Å². The minimum Gasteiger partial charge on any atom is -0.335 e. The van der Waals surface area contributed by atoms with Crippen molar-refractivity contribution in [3.8, 4) is 0 Å². The second-order valence-corrected chi connectivity index (χ2v) is 6.11. The molecule has 4 heteroatoms. The van der Waals surface area contributed by atoms with Gasteiger partial charge in [-0.15, -0.1) is 0 Å². The van der Waals surface area contributed by atoms with Crippen molar-refractivity contribution in [2.75, 3.05) is 5.32 Å². The zero-order valence-corrected chi connectivity index (χ0v) is 13.7. The Labute approximate surface area is 132 Å². The first kappa shape index (κ1) is 16.2. The second kappa shape index (κ2) is 7.69. The molecule has 0 unspecified atom stereocenters. The molecular weight excluding hydrogens is 284 g/mol. The fourth-order valence-corrected chi connectivity index (χ4v) is 3.34. The average molecular weight is 309 g/mol. The Kier molecular flexibility index (Phi) is 5.92. The molecule has 21 heavy (non-hydrogen) atoms. The number of amides is 2. The molecule has 0 spiro atoms. The number of halogens is 1. The summed E-state index contributed by atoms with van der Waals surface area (Å²) in [6.07, 6.45) is 7.57. The van der Waals surface area contributed by atoms with Crippen LogP contribution in [0.25, 0.3) is 0 Å². The SMILES string of the molecule is CCc1ccc(Cl)c(CC)c1NC(=O)NC1CCCCC1. The third-order valence-corrected chi connectivity index (χ3v) is 4.61. The molecule has 0 saturated heterocycles. The van der Waals surface area contributed by atoms with Gasteiger partial charge in [0, 0.05) is 11.1 Å². The van der Waals surface area contributed by atoms with Crippen molar-refractivity contribution in [3.63, 3.8) is 0 Å². The van der Waals surface area contributed by atoms with Crippen LogP contribution in [0.4, 0.5) is 10.5 Å². The van der Waals surface area contributed by atoms with Crippen molar-refractivity contribution < 1.29 is 4.79 Å². The summed E-state index contributed by atoms with van der Waals surface area (Å²) in [6, 6.07) is 4.13. The maximum Gasteiger partial charge on any atom is 0.319 e. The lowest BCUT2D eigenvalue weighted by atomic mass is 9.96. The quantitative estimate of drug-likeness (QED) is 0.814. The van der Waals surface area contributed by atoms with Crippen molar-refractivity contribution in [1.82, 2.24) is 5.32 Å². The maximum atomic E-state index is 12.3. The van der Waals surface area contributed by atoms with Crippen LogP contribution >= 0.6 is 11.6 Å². The Bertz CT molecular complexity index is 496. The van der Waals surface area contributed by atoms with Crippen LogP contribution in [0.15, 0.2) is 12.1 Å². The predicted octanol–water partition coefficient (Wildman–Crippen LogP) is 4.92. The summed E-state index contributed by atoms with van der Waals surface area (Å²) >= 11 is 6.26. The molecule has 1 aliphatic rings. The predicted molar refractivity (Wildman–Crippen MR) is 89.2 cm³/mol. The maximum absolute atomic E-state index is 12.3. The third kappa shape index (κ3) is 4.13. The molecule has 0 aliphatic heterocycles. The highest BCUT2D eigenvalue weighted by atomic mass is 35.5. The van der Waals surface area contributed by atoms with Gasteiger partial charge in [0.15, 0.2) is 0 Å². The number of hydrogen-bond donors (Lipinski definition) is 2. The van der Waals surface area contributed by atoms with Crippen LogP contribution in [0.1, 0.15) is 57.1 Å². The molecule has 116 valence electrons. The lowest BCUT2D eigenvalue weighted by molar-refractivity contribution is 0.244. The molecule has 0 aromatic heterocycles. The number of hydrogen-bond acceptors (Lipinski definition) is 1. The molecule has 0 heterocycles. The van der Waals surface area contributed by atoms with E-state index < -0.39 is 0 Å². The van der Waals surface area contributed by atoms with Gasteiger partial charge in [0.25, 0.3) is 0 Å². The van der Waals surface area contributed by atoms with Crippen molar-refractivity contribution in [2.24, 2.45) is 0 Å². The van der Waals surface area contributed by atoms with Crippen LogP contribution in [0.2, 0.25) is 5.02 Å². The fraction of sp³-hybridized carbons (Fsp3) is 0.588. The number of carbonyl (C=O) groups excluding carboxylic acids is 1. The summed E-state index contributed by atoms with van der Waals surface area (Å²) in [4.78, 5) is 12.3. The lowest BCUT2D eigenvalue weighted by Crippen LogP contribution is -2.39. The number of aryl methyl sites for hydroxylation is 1. The number of urea groups is 1. The van der Waals surface area contributed by atoms with Gasteiger partial charge >= 0.3 is 6.03 Å².